The normalized spacial score (nSPS) is 11.2. The number of aryl methyl sites for hydroxylation is 1. The number of thiazole rings is 1. The van der Waals surface area contributed by atoms with Crippen molar-refractivity contribution in [1.29, 1.82) is 5.26 Å². The van der Waals surface area contributed by atoms with Crippen LogP contribution < -0.4 is 0 Å². The second-order valence-corrected chi connectivity index (χ2v) is 6.79. The second kappa shape index (κ2) is 6.74. The van der Waals surface area contributed by atoms with Crippen molar-refractivity contribution in [3.05, 3.63) is 66.7 Å². The maximum atomic E-state index is 10.7. The van der Waals surface area contributed by atoms with Gasteiger partial charge in [-0.25, -0.2) is 4.98 Å². The number of nitriles is 1. The van der Waals surface area contributed by atoms with Gasteiger partial charge in [0.2, 0.25) is 0 Å². The van der Waals surface area contributed by atoms with Crippen molar-refractivity contribution in [3.8, 4) is 17.3 Å². The van der Waals surface area contributed by atoms with Gasteiger partial charge in [-0.15, -0.1) is 22.7 Å². The number of non-ortho nitro benzene ring substituents is 1. The number of nitro groups is 1. The molecule has 0 saturated heterocycles. The number of hydrogen-bond acceptors (Lipinski definition) is 6. The molecule has 2 aromatic heterocycles. The van der Waals surface area contributed by atoms with Gasteiger partial charge in [-0.2, -0.15) is 5.26 Å². The highest BCUT2D eigenvalue weighted by Gasteiger charge is 2.11. The Bertz CT molecular complexity index is 962. The summed E-state index contributed by atoms with van der Waals surface area (Å²) in [6, 6.07) is 10.4. The number of nitro benzene ring substituents is 1. The fourth-order valence-electron chi connectivity index (χ4n) is 2.09. The van der Waals surface area contributed by atoms with Crippen LogP contribution in [0.1, 0.15) is 15.4 Å². The Morgan fingerprint density at radius 3 is 2.62 bits per heavy atom. The molecule has 0 amide bonds. The van der Waals surface area contributed by atoms with E-state index < -0.39 is 4.92 Å². The zero-order valence-electron chi connectivity index (χ0n) is 12.6. The van der Waals surface area contributed by atoms with Crippen molar-refractivity contribution in [1.82, 2.24) is 4.98 Å². The van der Waals surface area contributed by atoms with Gasteiger partial charge in [0.15, 0.2) is 0 Å². The average molecular weight is 353 g/mol. The summed E-state index contributed by atoms with van der Waals surface area (Å²) in [6.07, 6.45) is 1.85. The van der Waals surface area contributed by atoms with Crippen LogP contribution in [0, 0.1) is 28.4 Å². The van der Waals surface area contributed by atoms with Crippen LogP contribution in [0.25, 0.3) is 22.9 Å². The lowest BCUT2D eigenvalue weighted by Gasteiger charge is -1.97. The van der Waals surface area contributed by atoms with Gasteiger partial charge in [-0.3, -0.25) is 10.1 Å². The van der Waals surface area contributed by atoms with E-state index in [2.05, 4.69) is 11.1 Å². The van der Waals surface area contributed by atoms with Gasteiger partial charge in [0.1, 0.15) is 11.1 Å². The standard InChI is InChI=1S/C17H11N3O2S2/c1-11-6-7-23-16(11)8-13(9-18)17-19-15(10-24-17)12-2-4-14(5-3-12)20(21)22/h2-8,10H,1H3/b13-8-. The largest absolute Gasteiger partial charge is 0.269 e. The summed E-state index contributed by atoms with van der Waals surface area (Å²) in [5, 5.41) is 24.6. The van der Waals surface area contributed by atoms with E-state index in [0.29, 0.717) is 16.3 Å². The predicted octanol–water partition coefficient (Wildman–Crippen LogP) is 5.15. The van der Waals surface area contributed by atoms with E-state index in [0.717, 1.165) is 16.0 Å². The van der Waals surface area contributed by atoms with Gasteiger partial charge in [-0.05, 0) is 42.1 Å². The minimum absolute atomic E-state index is 0.0417. The minimum atomic E-state index is -0.434. The molecule has 0 radical (unpaired) electrons. The summed E-state index contributed by atoms with van der Waals surface area (Å²) in [5.41, 5.74) is 3.17. The van der Waals surface area contributed by atoms with E-state index in [9.17, 15) is 15.4 Å². The van der Waals surface area contributed by atoms with Gasteiger partial charge in [0.25, 0.3) is 5.69 Å². The lowest BCUT2D eigenvalue weighted by atomic mass is 10.1. The Morgan fingerprint density at radius 1 is 1.29 bits per heavy atom. The van der Waals surface area contributed by atoms with E-state index >= 15 is 0 Å². The summed E-state index contributed by atoms with van der Waals surface area (Å²) >= 11 is 2.97. The van der Waals surface area contributed by atoms with Gasteiger partial charge in [0, 0.05) is 28.0 Å². The van der Waals surface area contributed by atoms with Crippen molar-refractivity contribution in [3.63, 3.8) is 0 Å². The van der Waals surface area contributed by atoms with Gasteiger partial charge < -0.3 is 0 Å². The van der Waals surface area contributed by atoms with Crippen LogP contribution in [0.15, 0.2) is 41.1 Å². The Balaban J connectivity index is 1.92. The molecule has 7 heteroatoms. The first-order valence-corrected chi connectivity index (χ1v) is 8.71. The highest BCUT2D eigenvalue weighted by atomic mass is 32.1. The number of thiophene rings is 1. The van der Waals surface area contributed by atoms with Gasteiger partial charge in [0.05, 0.1) is 16.2 Å². The zero-order valence-corrected chi connectivity index (χ0v) is 14.2. The molecule has 5 nitrogen and oxygen atoms in total. The number of nitrogens with zero attached hydrogens (tertiary/aromatic N) is 3. The molecular formula is C17H11N3O2S2. The molecule has 0 fully saturated rings. The third-order valence-corrected chi connectivity index (χ3v) is 5.25. The van der Waals surface area contributed by atoms with E-state index in [4.69, 9.17) is 0 Å². The van der Waals surface area contributed by atoms with Crippen molar-refractivity contribution in [2.45, 2.75) is 6.92 Å². The first-order chi connectivity index (χ1) is 11.6. The molecule has 2 heterocycles. The smallest absolute Gasteiger partial charge is 0.258 e. The van der Waals surface area contributed by atoms with Gasteiger partial charge in [-0.1, -0.05) is 0 Å². The zero-order chi connectivity index (χ0) is 17.1. The molecule has 0 saturated carbocycles. The Morgan fingerprint density at radius 2 is 2.04 bits per heavy atom. The van der Waals surface area contributed by atoms with E-state index in [1.165, 1.54) is 23.5 Å². The average Bonchev–Trinajstić information content (AvgIpc) is 3.22. The molecule has 0 unspecified atom stereocenters. The summed E-state index contributed by atoms with van der Waals surface area (Å²) < 4.78 is 0. The quantitative estimate of drug-likeness (QED) is 0.369. The number of benzene rings is 1. The van der Waals surface area contributed by atoms with Crippen LogP contribution in [0.4, 0.5) is 5.69 Å². The van der Waals surface area contributed by atoms with Crippen LogP contribution in [0.2, 0.25) is 0 Å². The van der Waals surface area contributed by atoms with Crippen molar-refractivity contribution >= 4 is 40.0 Å². The predicted molar refractivity (Wildman–Crippen MR) is 96.7 cm³/mol. The molecular weight excluding hydrogens is 342 g/mol. The summed E-state index contributed by atoms with van der Waals surface area (Å²) in [7, 11) is 0. The highest BCUT2D eigenvalue weighted by Crippen LogP contribution is 2.29. The van der Waals surface area contributed by atoms with E-state index in [1.54, 1.807) is 23.5 Å². The highest BCUT2D eigenvalue weighted by molar-refractivity contribution is 7.12. The first kappa shape index (κ1) is 16.1. The fourth-order valence-corrected chi connectivity index (χ4v) is 3.74. The van der Waals surface area contributed by atoms with E-state index in [1.807, 2.05) is 29.8 Å². The molecule has 0 N–H and O–H groups in total. The third kappa shape index (κ3) is 3.25. The van der Waals surface area contributed by atoms with Gasteiger partial charge >= 0.3 is 0 Å². The van der Waals surface area contributed by atoms with Crippen LogP contribution in [0.3, 0.4) is 0 Å². The molecule has 0 aliphatic carbocycles. The fraction of sp³-hybridized carbons (Fsp3) is 0.0588. The minimum Gasteiger partial charge on any atom is -0.258 e. The molecule has 3 aromatic rings. The van der Waals surface area contributed by atoms with Crippen molar-refractivity contribution in [2.24, 2.45) is 0 Å². The topological polar surface area (TPSA) is 79.8 Å². The summed E-state index contributed by atoms with van der Waals surface area (Å²) in [6.45, 7) is 2.00. The Kier molecular flexibility index (Phi) is 4.51. The molecule has 0 atom stereocenters. The third-order valence-electron chi connectivity index (χ3n) is 3.41. The lowest BCUT2D eigenvalue weighted by molar-refractivity contribution is -0.384. The van der Waals surface area contributed by atoms with Crippen molar-refractivity contribution in [2.75, 3.05) is 0 Å². The lowest BCUT2D eigenvalue weighted by Crippen LogP contribution is -1.87. The first-order valence-electron chi connectivity index (χ1n) is 6.95. The van der Waals surface area contributed by atoms with Crippen LogP contribution in [-0.4, -0.2) is 9.91 Å². The molecule has 1 aromatic carbocycles. The molecule has 3 rings (SSSR count). The Hall–Kier alpha value is -2.82. The number of aromatic nitrogens is 1. The summed E-state index contributed by atoms with van der Waals surface area (Å²) in [5.74, 6) is 0. The molecule has 0 spiro atoms. The molecule has 24 heavy (non-hydrogen) atoms. The molecule has 0 aliphatic heterocycles. The molecule has 118 valence electrons. The van der Waals surface area contributed by atoms with E-state index in [-0.39, 0.29) is 5.69 Å². The second-order valence-electron chi connectivity index (χ2n) is 4.98. The number of hydrogen-bond donors (Lipinski definition) is 0. The molecule has 0 bridgehead atoms. The number of rotatable bonds is 4. The van der Waals surface area contributed by atoms with Crippen molar-refractivity contribution < 1.29 is 4.92 Å². The monoisotopic (exact) mass is 353 g/mol. The van der Waals surface area contributed by atoms with Crippen LogP contribution in [-0.2, 0) is 0 Å². The number of allylic oxidation sites excluding steroid dienone is 1. The Labute approximate surface area is 146 Å². The maximum absolute atomic E-state index is 10.7. The van der Waals surface area contributed by atoms with Crippen LogP contribution >= 0.6 is 22.7 Å². The maximum Gasteiger partial charge on any atom is 0.269 e. The molecule has 0 aliphatic rings. The SMILES string of the molecule is Cc1ccsc1/C=C(/C#N)c1nc(-c2ccc([N+](=O)[O-])cc2)cs1. The van der Waals surface area contributed by atoms with Crippen LogP contribution in [0.5, 0.6) is 0 Å². The summed E-state index contributed by atoms with van der Waals surface area (Å²) in [4.78, 5) is 15.8.